The average molecular weight is 519 g/mol. The van der Waals surface area contributed by atoms with Crippen LogP contribution in [0, 0.1) is 23.2 Å². The molecule has 6 unspecified atom stereocenters. The Bertz CT molecular complexity index is 792. The highest BCUT2D eigenvalue weighted by Crippen LogP contribution is 2.47. The smallest absolute Gasteiger partial charge is 0.237 e. The predicted molar refractivity (Wildman–Crippen MR) is 142 cm³/mol. The molecule has 4 heterocycles. The molecular weight excluding hydrogens is 468 g/mol. The van der Waals surface area contributed by atoms with E-state index in [0.29, 0.717) is 30.1 Å². The van der Waals surface area contributed by atoms with Gasteiger partial charge in [-0.05, 0) is 83.1 Å². The lowest BCUT2D eigenvalue weighted by atomic mass is 9.64. The number of rotatable bonds is 8. The summed E-state index contributed by atoms with van der Waals surface area (Å²) in [6.07, 6.45) is 11.3. The first-order valence-corrected chi connectivity index (χ1v) is 15.1. The van der Waals surface area contributed by atoms with Crippen molar-refractivity contribution in [3.05, 3.63) is 0 Å². The Labute approximate surface area is 223 Å². The summed E-state index contributed by atoms with van der Waals surface area (Å²) in [7, 11) is 2.17. The average Bonchev–Trinajstić information content (AvgIpc) is 3.64. The van der Waals surface area contributed by atoms with Crippen LogP contribution in [0.3, 0.4) is 0 Å². The largest absolute Gasteiger partial charge is 0.380 e. The molecule has 6 rings (SSSR count). The minimum Gasteiger partial charge on any atom is -0.380 e. The zero-order valence-corrected chi connectivity index (χ0v) is 23.1. The number of amides is 1. The molecule has 0 spiro atoms. The molecule has 4 saturated heterocycles. The normalized spacial score (nSPS) is 41.3. The van der Waals surface area contributed by atoms with Gasteiger partial charge in [-0.1, -0.05) is 6.42 Å². The molecule has 4 aliphatic heterocycles. The van der Waals surface area contributed by atoms with Crippen molar-refractivity contribution in [2.45, 2.75) is 95.1 Å². The van der Waals surface area contributed by atoms with E-state index < -0.39 is 0 Å². The number of morpholine rings is 1. The van der Waals surface area contributed by atoms with Gasteiger partial charge in [-0.2, -0.15) is 0 Å². The minimum atomic E-state index is -0.0494. The molecule has 2 saturated carbocycles. The number of hydrazine groups is 1. The van der Waals surface area contributed by atoms with Gasteiger partial charge in [-0.25, -0.2) is 10.9 Å². The Balaban J connectivity index is 1.05. The SMILES string of the molecule is C[C@@H]1CN(CC2CC(C(=O)NC3CCCC(C4(CC5NNCN5C)COC4)C3)NC(C3CC3)C2)CCO1. The topological polar surface area (TPSA) is 90.1 Å². The van der Waals surface area contributed by atoms with Crippen LogP contribution in [0.2, 0.25) is 0 Å². The van der Waals surface area contributed by atoms with Crippen LogP contribution in [0.4, 0.5) is 0 Å². The fraction of sp³-hybridized carbons (Fsp3) is 0.964. The van der Waals surface area contributed by atoms with Crippen molar-refractivity contribution in [2.75, 3.05) is 53.2 Å². The predicted octanol–water partition coefficient (Wildman–Crippen LogP) is 1.26. The van der Waals surface area contributed by atoms with Crippen molar-refractivity contribution >= 4 is 5.91 Å². The monoisotopic (exact) mass is 518 g/mol. The molecule has 7 atom stereocenters. The van der Waals surface area contributed by atoms with Gasteiger partial charge in [0.05, 0.1) is 44.8 Å². The molecule has 9 heteroatoms. The van der Waals surface area contributed by atoms with Crippen molar-refractivity contribution in [1.29, 1.82) is 0 Å². The molecule has 0 radical (unpaired) electrons. The molecule has 6 fully saturated rings. The van der Waals surface area contributed by atoms with E-state index in [-0.39, 0.29) is 23.4 Å². The Hall–Kier alpha value is -0.810. The van der Waals surface area contributed by atoms with E-state index in [0.717, 1.165) is 77.7 Å². The zero-order chi connectivity index (χ0) is 25.4. The van der Waals surface area contributed by atoms with Gasteiger partial charge in [0.25, 0.3) is 0 Å². The van der Waals surface area contributed by atoms with E-state index in [1.54, 1.807) is 0 Å². The van der Waals surface area contributed by atoms with Gasteiger partial charge >= 0.3 is 0 Å². The van der Waals surface area contributed by atoms with E-state index in [2.05, 4.69) is 45.3 Å². The van der Waals surface area contributed by atoms with E-state index in [9.17, 15) is 4.79 Å². The van der Waals surface area contributed by atoms with Gasteiger partial charge in [-0.3, -0.25) is 14.6 Å². The highest BCUT2D eigenvalue weighted by atomic mass is 16.5. The number of carbonyl (C=O) groups excluding carboxylic acids is 1. The summed E-state index contributed by atoms with van der Waals surface area (Å²) in [5.74, 6) is 2.23. The van der Waals surface area contributed by atoms with Crippen LogP contribution in [0.25, 0.3) is 0 Å². The number of ether oxygens (including phenoxy) is 2. The third-order valence-corrected chi connectivity index (χ3v) is 10.3. The summed E-state index contributed by atoms with van der Waals surface area (Å²) in [4.78, 5) is 18.6. The molecule has 1 amide bonds. The zero-order valence-electron chi connectivity index (χ0n) is 23.1. The van der Waals surface area contributed by atoms with E-state index in [1.165, 1.54) is 32.1 Å². The van der Waals surface area contributed by atoms with Crippen LogP contribution in [-0.4, -0.2) is 99.3 Å². The number of carbonyl (C=O) groups is 1. The molecule has 4 N–H and O–H groups in total. The molecule has 0 bridgehead atoms. The number of nitrogens with zero attached hydrogens (tertiary/aromatic N) is 2. The second-order valence-corrected chi connectivity index (χ2v) is 13.3. The summed E-state index contributed by atoms with van der Waals surface area (Å²) in [6.45, 7) is 8.76. The summed E-state index contributed by atoms with van der Waals surface area (Å²) < 4.78 is 11.6. The molecular formula is C28H50N6O3. The summed E-state index contributed by atoms with van der Waals surface area (Å²) in [5, 5.41) is 7.34. The Kier molecular flexibility index (Phi) is 8.11. The summed E-state index contributed by atoms with van der Waals surface area (Å²) >= 11 is 0. The first-order valence-electron chi connectivity index (χ1n) is 15.1. The van der Waals surface area contributed by atoms with Gasteiger partial charge < -0.3 is 20.1 Å². The van der Waals surface area contributed by atoms with Gasteiger partial charge in [-0.15, -0.1) is 0 Å². The lowest BCUT2D eigenvalue weighted by Crippen LogP contribution is -2.58. The maximum Gasteiger partial charge on any atom is 0.237 e. The molecule has 2 aliphatic carbocycles. The third-order valence-electron chi connectivity index (χ3n) is 10.3. The van der Waals surface area contributed by atoms with Crippen molar-refractivity contribution in [2.24, 2.45) is 23.2 Å². The van der Waals surface area contributed by atoms with Crippen molar-refractivity contribution in [3.8, 4) is 0 Å². The molecule has 0 aromatic heterocycles. The maximum atomic E-state index is 13.6. The van der Waals surface area contributed by atoms with Crippen LogP contribution in [0.5, 0.6) is 0 Å². The second-order valence-electron chi connectivity index (χ2n) is 13.3. The van der Waals surface area contributed by atoms with E-state index >= 15 is 0 Å². The number of piperidine rings is 1. The Morgan fingerprint density at radius 3 is 2.70 bits per heavy atom. The number of hydrogen-bond acceptors (Lipinski definition) is 8. The minimum absolute atomic E-state index is 0.0494. The van der Waals surface area contributed by atoms with Crippen LogP contribution in [-0.2, 0) is 14.3 Å². The van der Waals surface area contributed by atoms with Gasteiger partial charge in [0.2, 0.25) is 5.91 Å². The highest BCUT2D eigenvalue weighted by Gasteiger charge is 2.49. The van der Waals surface area contributed by atoms with Crippen LogP contribution >= 0.6 is 0 Å². The van der Waals surface area contributed by atoms with Crippen molar-refractivity contribution in [1.82, 2.24) is 31.3 Å². The lowest BCUT2D eigenvalue weighted by molar-refractivity contribution is -0.166. The van der Waals surface area contributed by atoms with Crippen molar-refractivity contribution in [3.63, 3.8) is 0 Å². The number of hydrogen-bond donors (Lipinski definition) is 4. The molecule has 6 aliphatic rings. The Morgan fingerprint density at radius 2 is 2.00 bits per heavy atom. The quantitative estimate of drug-likeness (QED) is 0.382. The molecule has 0 aromatic carbocycles. The highest BCUT2D eigenvalue weighted by molar-refractivity contribution is 5.82. The van der Waals surface area contributed by atoms with Crippen molar-refractivity contribution < 1.29 is 14.3 Å². The second kappa shape index (κ2) is 11.4. The molecule has 9 nitrogen and oxygen atoms in total. The van der Waals surface area contributed by atoms with E-state index in [4.69, 9.17) is 9.47 Å². The van der Waals surface area contributed by atoms with E-state index in [1.807, 2.05) is 0 Å². The van der Waals surface area contributed by atoms with Gasteiger partial charge in [0.1, 0.15) is 0 Å². The third kappa shape index (κ3) is 6.18. The first kappa shape index (κ1) is 26.4. The lowest BCUT2D eigenvalue weighted by Gasteiger charge is -2.51. The maximum absolute atomic E-state index is 13.6. The number of nitrogens with one attached hydrogen (secondary N) is 4. The first-order chi connectivity index (χ1) is 18.0. The Morgan fingerprint density at radius 1 is 1.14 bits per heavy atom. The fourth-order valence-corrected chi connectivity index (χ4v) is 7.93. The van der Waals surface area contributed by atoms with Crippen LogP contribution in [0.15, 0.2) is 0 Å². The fourth-order valence-electron chi connectivity index (χ4n) is 7.93. The van der Waals surface area contributed by atoms with Crippen LogP contribution in [0.1, 0.15) is 64.7 Å². The van der Waals surface area contributed by atoms with Gasteiger partial charge in [0, 0.05) is 37.1 Å². The standard InChI is InChI=1S/C28H50N6O3/c1-19-14-34(8-9-37-19)15-20-10-24(21-6-7-21)31-25(11-20)27(35)30-23-5-3-4-22(12-23)28(16-36-17-28)13-26-32-29-18-33(26)2/h19-26,29,31-32H,3-18H2,1-2H3,(H,30,35)/t19-,20?,22?,23?,24?,25?,26?/m1/s1. The van der Waals surface area contributed by atoms with Crippen LogP contribution < -0.4 is 21.5 Å². The molecule has 37 heavy (non-hydrogen) atoms. The molecule has 0 aromatic rings. The van der Waals surface area contributed by atoms with Gasteiger partial charge in [0.15, 0.2) is 0 Å². The summed E-state index contributed by atoms with van der Waals surface area (Å²) in [5.41, 5.74) is 6.96. The summed E-state index contributed by atoms with van der Waals surface area (Å²) in [6, 6.07) is 0.747. The molecule has 210 valence electrons.